The number of nitrogens with zero attached hydrogens (tertiary/aromatic N) is 3. The van der Waals surface area contributed by atoms with Gasteiger partial charge in [-0.15, -0.1) is 0 Å². The van der Waals surface area contributed by atoms with Crippen molar-refractivity contribution < 1.29 is 5.11 Å². The zero-order valence-corrected chi connectivity index (χ0v) is 18.1. The topological polar surface area (TPSA) is 81.6 Å². The van der Waals surface area contributed by atoms with Crippen LogP contribution in [0.25, 0.3) is 0 Å². The van der Waals surface area contributed by atoms with Gasteiger partial charge in [0.15, 0.2) is 0 Å². The van der Waals surface area contributed by atoms with Crippen LogP contribution < -0.4 is 11.2 Å². The van der Waals surface area contributed by atoms with Crippen molar-refractivity contribution in [3.63, 3.8) is 0 Å². The van der Waals surface area contributed by atoms with Gasteiger partial charge in [0.25, 0.3) is 5.56 Å². The van der Waals surface area contributed by atoms with Crippen molar-refractivity contribution in [2.24, 2.45) is 0 Å². The predicted octanol–water partition coefficient (Wildman–Crippen LogP) is 0.679. The van der Waals surface area contributed by atoms with Crippen LogP contribution in [0.15, 0.2) is 33.9 Å². The summed E-state index contributed by atoms with van der Waals surface area (Å²) in [4.78, 5) is 31.7. The summed E-state index contributed by atoms with van der Waals surface area (Å²) in [6.45, 7) is 6.61. The molecule has 1 aromatic carbocycles. The zero-order chi connectivity index (χ0) is 20.9. The fraction of sp³-hybridized carbons (Fsp3) is 0.545. The quantitative estimate of drug-likeness (QED) is 0.672. The molecule has 1 saturated heterocycles. The lowest BCUT2D eigenvalue weighted by atomic mass is 10.1. The Balaban J connectivity index is 1.35. The second-order valence-corrected chi connectivity index (χ2v) is 9.15. The highest BCUT2D eigenvalue weighted by Gasteiger charge is 2.19. The number of hydrogen-bond donors (Lipinski definition) is 2. The van der Waals surface area contributed by atoms with Gasteiger partial charge in [-0.05, 0) is 29.7 Å². The molecule has 8 heteroatoms. The van der Waals surface area contributed by atoms with Gasteiger partial charge in [0, 0.05) is 62.8 Å². The van der Waals surface area contributed by atoms with E-state index in [1.807, 2.05) is 0 Å². The monoisotopic (exact) mass is 430 g/mol. The second-order valence-electron chi connectivity index (χ2n) is 8.05. The number of rotatable bonds is 7. The minimum atomic E-state index is -0.289. The van der Waals surface area contributed by atoms with Crippen molar-refractivity contribution in [2.75, 3.05) is 45.1 Å². The number of piperazine rings is 1. The number of β-amino-alcohol motifs (C(OH)–C–C–N with tert-alkyl or cyclic N) is 1. The van der Waals surface area contributed by atoms with Crippen molar-refractivity contribution in [1.82, 2.24) is 19.4 Å². The van der Waals surface area contributed by atoms with E-state index in [4.69, 9.17) is 5.11 Å². The average molecular weight is 431 g/mol. The van der Waals surface area contributed by atoms with E-state index in [2.05, 4.69) is 39.0 Å². The Bertz CT molecular complexity index is 962. The standard InChI is InChI=1S/C22H30N4O3S/c27-13-12-24-8-10-25(11-9-24)15-18-3-1-17(2-4-18)5-7-26-20-6-14-30-16-19(20)21(28)23-22(26)29/h1-4,27H,5-16H2,(H,23,28,29). The highest BCUT2D eigenvalue weighted by Crippen LogP contribution is 2.20. The van der Waals surface area contributed by atoms with E-state index in [1.165, 1.54) is 11.1 Å². The molecule has 0 amide bonds. The van der Waals surface area contributed by atoms with E-state index in [9.17, 15) is 9.59 Å². The van der Waals surface area contributed by atoms with Gasteiger partial charge in [0.2, 0.25) is 0 Å². The fourth-order valence-electron chi connectivity index (χ4n) is 4.29. The maximum atomic E-state index is 12.4. The van der Waals surface area contributed by atoms with E-state index in [0.29, 0.717) is 12.3 Å². The lowest BCUT2D eigenvalue weighted by molar-refractivity contribution is 0.108. The number of H-pyrrole nitrogens is 1. The van der Waals surface area contributed by atoms with Crippen LogP contribution in [0, 0.1) is 0 Å². The molecule has 3 heterocycles. The molecule has 0 atom stereocenters. The SMILES string of the molecule is O=c1[nH]c(=O)n(CCc2ccc(CN3CCN(CCO)CC3)cc2)c2c1CSCC2. The molecule has 1 fully saturated rings. The minimum absolute atomic E-state index is 0.222. The number of aliphatic hydroxyl groups excluding tert-OH is 1. The lowest BCUT2D eigenvalue weighted by Crippen LogP contribution is -2.46. The number of hydrogen-bond acceptors (Lipinski definition) is 6. The van der Waals surface area contributed by atoms with E-state index in [1.54, 1.807) is 16.3 Å². The Kier molecular flexibility index (Phi) is 7.09. The Morgan fingerprint density at radius 2 is 1.67 bits per heavy atom. The summed E-state index contributed by atoms with van der Waals surface area (Å²) >= 11 is 1.75. The third-order valence-electron chi connectivity index (χ3n) is 6.08. The van der Waals surface area contributed by atoms with Crippen molar-refractivity contribution in [3.8, 4) is 0 Å². The second kappa shape index (κ2) is 9.96. The van der Waals surface area contributed by atoms with Crippen LogP contribution in [0.1, 0.15) is 22.4 Å². The first-order valence-electron chi connectivity index (χ1n) is 10.7. The summed E-state index contributed by atoms with van der Waals surface area (Å²) in [5, 5.41) is 9.06. The molecular weight excluding hydrogens is 400 g/mol. The van der Waals surface area contributed by atoms with Gasteiger partial charge < -0.3 is 5.11 Å². The smallest absolute Gasteiger partial charge is 0.328 e. The number of aromatic amines is 1. The van der Waals surface area contributed by atoms with Gasteiger partial charge in [-0.3, -0.25) is 24.1 Å². The Morgan fingerprint density at radius 1 is 0.967 bits per heavy atom. The van der Waals surface area contributed by atoms with Gasteiger partial charge in [-0.25, -0.2) is 4.79 Å². The molecule has 2 N–H and O–H groups in total. The molecule has 2 aliphatic heterocycles. The highest BCUT2D eigenvalue weighted by atomic mass is 32.2. The summed E-state index contributed by atoms with van der Waals surface area (Å²) in [5.74, 6) is 1.65. The Labute approximate surface area is 180 Å². The first-order chi connectivity index (χ1) is 14.6. The molecule has 2 aliphatic rings. The maximum Gasteiger partial charge on any atom is 0.328 e. The van der Waals surface area contributed by atoms with Crippen LogP contribution in [0.5, 0.6) is 0 Å². The molecule has 0 bridgehead atoms. The molecule has 4 rings (SSSR count). The van der Waals surface area contributed by atoms with E-state index < -0.39 is 0 Å². The molecule has 162 valence electrons. The summed E-state index contributed by atoms with van der Waals surface area (Å²) < 4.78 is 1.76. The third kappa shape index (κ3) is 5.06. The normalized spacial score (nSPS) is 17.8. The van der Waals surface area contributed by atoms with Gasteiger partial charge in [0.05, 0.1) is 6.61 Å². The molecule has 0 spiro atoms. The number of thioether (sulfide) groups is 1. The first kappa shape index (κ1) is 21.4. The molecule has 30 heavy (non-hydrogen) atoms. The molecule has 0 unspecified atom stereocenters. The molecule has 7 nitrogen and oxygen atoms in total. The first-order valence-corrected chi connectivity index (χ1v) is 11.9. The highest BCUT2D eigenvalue weighted by molar-refractivity contribution is 7.98. The van der Waals surface area contributed by atoms with Gasteiger partial charge in [-0.2, -0.15) is 11.8 Å². The van der Waals surface area contributed by atoms with E-state index >= 15 is 0 Å². The van der Waals surface area contributed by atoms with E-state index in [0.717, 1.165) is 69.1 Å². The third-order valence-corrected chi connectivity index (χ3v) is 7.06. The van der Waals surface area contributed by atoms with Crippen LogP contribution in [-0.4, -0.2) is 69.5 Å². The van der Waals surface area contributed by atoms with Crippen LogP contribution >= 0.6 is 11.8 Å². The molecule has 0 radical (unpaired) electrons. The fourth-order valence-corrected chi connectivity index (χ4v) is 5.28. The number of nitrogens with one attached hydrogen (secondary N) is 1. The zero-order valence-electron chi connectivity index (χ0n) is 17.3. The van der Waals surface area contributed by atoms with Crippen LogP contribution in [0.3, 0.4) is 0 Å². The van der Waals surface area contributed by atoms with Crippen LogP contribution in [-0.2, 0) is 31.7 Å². The van der Waals surface area contributed by atoms with Crippen molar-refractivity contribution in [2.45, 2.75) is 31.7 Å². The van der Waals surface area contributed by atoms with Crippen molar-refractivity contribution in [3.05, 3.63) is 67.5 Å². The molecular formula is C22H30N4O3S. The number of benzene rings is 1. The number of aromatic nitrogens is 2. The molecule has 1 aromatic heterocycles. The summed E-state index contributed by atoms with van der Waals surface area (Å²) in [5.41, 5.74) is 3.66. The summed E-state index contributed by atoms with van der Waals surface area (Å²) in [6, 6.07) is 8.65. The maximum absolute atomic E-state index is 12.4. The Morgan fingerprint density at radius 3 is 2.40 bits per heavy atom. The van der Waals surface area contributed by atoms with Crippen LogP contribution in [0.2, 0.25) is 0 Å². The molecule has 0 aliphatic carbocycles. The predicted molar refractivity (Wildman–Crippen MR) is 120 cm³/mol. The molecule has 0 saturated carbocycles. The number of aliphatic hydroxyl groups is 1. The summed E-state index contributed by atoms with van der Waals surface area (Å²) in [6.07, 6.45) is 1.55. The average Bonchev–Trinajstić information content (AvgIpc) is 2.76. The van der Waals surface area contributed by atoms with E-state index in [-0.39, 0.29) is 17.9 Å². The largest absolute Gasteiger partial charge is 0.395 e. The number of fused-ring (bicyclic) bond motifs is 1. The van der Waals surface area contributed by atoms with Gasteiger partial charge in [0.1, 0.15) is 0 Å². The van der Waals surface area contributed by atoms with Gasteiger partial charge >= 0.3 is 5.69 Å². The number of aryl methyl sites for hydroxylation is 1. The van der Waals surface area contributed by atoms with Crippen molar-refractivity contribution in [1.29, 1.82) is 0 Å². The Hall–Kier alpha value is -1.87. The van der Waals surface area contributed by atoms with Crippen molar-refractivity contribution >= 4 is 11.8 Å². The molecule has 2 aromatic rings. The van der Waals surface area contributed by atoms with Crippen LogP contribution in [0.4, 0.5) is 0 Å². The summed E-state index contributed by atoms with van der Waals surface area (Å²) in [7, 11) is 0. The lowest BCUT2D eigenvalue weighted by Gasteiger charge is -2.34. The van der Waals surface area contributed by atoms with Gasteiger partial charge in [-0.1, -0.05) is 24.3 Å². The minimum Gasteiger partial charge on any atom is -0.395 e.